The number of rotatable bonds is 7. The monoisotopic (exact) mass is 422 g/mol. The van der Waals surface area contributed by atoms with Crippen molar-refractivity contribution in [3.8, 4) is 0 Å². The molecule has 2 atom stereocenters. The number of unbranched alkanes of at least 4 members (excludes halogenated alkanes) is 1. The minimum Gasteiger partial charge on any atom is -0.357 e. The Morgan fingerprint density at radius 1 is 1.48 bits per heavy atom. The Labute approximate surface area is 149 Å². The van der Waals surface area contributed by atoms with Crippen molar-refractivity contribution in [1.29, 1.82) is 0 Å². The molecule has 0 spiro atoms. The van der Waals surface area contributed by atoms with Crippen LogP contribution in [0.1, 0.15) is 43.8 Å². The Kier molecular flexibility index (Phi) is 8.55. The molecule has 0 radical (unpaired) electrons. The van der Waals surface area contributed by atoms with E-state index in [1.165, 1.54) is 11.4 Å². The summed E-state index contributed by atoms with van der Waals surface area (Å²) in [5, 5.41) is 10.2. The molecule has 2 N–H and O–H groups in total. The molecule has 1 aromatic rings. The van der Waals surface area contributed by atoms with Gasteiger partial charge in [0.25, 0.3) is 0 Å². The lowest BCUT2D eigenvalue weighted by Gasteiger charge is -2.10. The number of nitrogens with one attached hydrogen (secondary N) is 2. The van der Waals surface area contributed by atoms with Gasteiger partial charge in [0.2, 0.25) is 0 Å². The van der Waals surface area contributed by atoms with Crippen LogP contribution < -0.4 is 10.6 Å². The molecule has 0 bridgehead atoms. The van der Waals surface area contributed by atoms with Crippen molar-refractivity contribution in [2.24, 2.45) is 10.9 Å². The zero-order valence-corrected chi connectivity index (χ0v) is 16.3. The first-order valence-corrected chi connectivity index (χ1v) is 8.53. The second kappa shape index (κ2) is 9.61. The third kappa shape index (κ3) is 6.95. The van der Waals surface area contributed by atoms with Gasteiger partial charge in [-0.3, -0.25) is 4.99 Å². The van der Waals surface area contributed by atoms with Gasteiger partial charge in [-0.25, -0.2) is 4.98 Å². The molecule has 1 aliphatic rings. The van der Waals surface area contributed by atoms with Crippen molar-refractivity contribution in [2.45, 2.75) is 52.5 Å². The summed E-state index contributed by atoms with van der Waals surface area (Å²) in [6, 6.07) is 0.631. The standard InChI is InChI=1S/C15H26N4S.HI/c1-4-16-15(19-13-9-11(13)2)17-8-6-5-7-14-18-12(3)10-20-14;/h10-11,13H,4-9H2,1-3H3,(H2,16,17,19);1H. The van der Waals surface area contributed by atoms with Gasteiger partial charge in [0, 0.05) is 30.2 Å². The molecular formula is C15H27IN4S. The van der Waals surface area contributed by atoms with Crippen LogP contribution in [0.5, 0.6) is 0 Å². The molecule has 21 heavy (non-hydrogen) atoms. The van der Waals surface area contributed by atoms with Gasteiger partial charge >= 0.3 is 0 Å². The Morgan fingerprint density at radius 2 is 2.24 bits per heavy atom. The van der Waals surface area contributed by atoms with Crippen LogP contribution in [0.25, 0.3) is 0 Å². The third-order valence-electron chi connectivity index (χ3n) is 3.51. The summed E-state index contributed by atoms with van der Waals surface area (Å²) in [5.41, 5.74) is 1.14. The number of aryl methyl sites for hydroxylation is 2. The molecular weight excluding hydrogens is 395 g/mol. The first-order chi connectivity index (χ1) is 9.69. The van der Waals surface area contributed by atoms with Crippen LogP contribution in [0.2, 0.25) is 0 Å². The summed E-state index contributed by atoms with van der Waals surface area (Å²) in [6.07, 6.45) is 4.64. The Balaban J connectivity index is 0.00000220. The molecule has 2 unspecified atom stereocenters. The van der Waals surface area contributed by atoms with E-state index in [0.717, 1.165) is 49.9 Å². The zero-order valence-electron chi connectivity index (χ0n) is 13.2. The molecule has 0 saturated heterocycles. The largest absolute Gasteiger partial charge is 0.357 e. The maximum absolute atomic E-state index is 4.64. The molecule has 0 aliphatic heterocycles. The molecule has 0 aromatic carbocycles. The van der Waals surface area contributed by atoms with Crippen LogP contribution in [-0.4, -0.2) is 30.1 Å². The number of aliphatic imine (C=N–C) groups is 1. The predicted octanol–water partition coefficient (Wildman–Crippen LogP) is 3.36. The van der Waals surface area contributed by atoms with Gasteiger partial charge < -0.3 is 10.6 Å². The highest BCUT2D eigenvalue weighted by molar-refractivity contribution is 14.0. The summed E-state index contributed by atoms with van der Waals surface area (Å²) < 4.78 is 0. The SMILES string of the molecule is CCNC(=NCCCCc1nc(C)cs1)NC1CC1C.I. The van der Waals surface area contributed by atoms with E-state index in [0.29, 0.717) is 6.04 Å². The Hall–Kier alpha value is -0.370. The molecule has 120 valence electrons. The van der Waals surface area contributed by atoms with Crippen LogP contribution >= 0.6 is 35.3 Å². The van der Waals surface area contributed by atoms with Crippen molar-refractivity contribution >= 4 is 41.3 Å². The van der Waals surface area contributed by atoms with Crippen LogP contribution in [0.4, 0.5) is 0 Å². The van der Waals surface area contributed by atoms with Crippen molar-refractivity contribution in [1.82, 2.24) is 15.6 Å². The van der Waals surface area contributed by atoms with E-state index in [9.17, 15) is 0 Å². The summed E-state index contributed by atoms with van der Waals surface area (Å²) in [5.74, 6) is 1.78. The van der Waals surface area contributed by atoms with Gasteiger partial charge in [0.15, 0.2) is 5.96 Å². The smallest absolute Gasteiger partial charge is 0.191 e. The molecule has 1 fully saturated rings. The van der Waals surface area contributed by atoms with Crippen LogP contribution in [0.15, 0.2) is 10.4 Å². The van der Waals surface area contributed by atoms with E-state index in [1.807, 2.05) is 0 Å². The highest BCUT2D eigenvalue weighted by Crippen LogP contribution is 2.28. The summed E-state index contributed by atoms with van der Waals surface area (Å²) in [4.78, 5) is 9.13. The van der Waals surface area contributed by atoms with Gasteiger partial charge in [-0.05, 0) is 45.4 Å². The van der Waals surface area contributed by atoms with Crippen molar-refractivity contribution in [3.63, 3.8) is 0 Å². The molecule has 6 heteroatoms. The van der Waals surface area contributed by atoms with E-state index < -0.39 is 0 Å². The van der Waals surface area contributed by atoms with Gasteiger partial charge in [0.1, 0.15) is 0 Å². The topological polar surface area (TPSA) is 49.3 Å². The Morgan fingerprint density at radius 3 is 2.81 bits per heavy atom. The highest BCUT2D eigenvalue weighted by Gasteiger charge is 2.33. The first-order valence-electron chi connectivity index (χ1n) is 7.65. The molecule has 1 aliphatic carbocycles. The molecule has 1 heterocycles. The van der Waals surface area contributed by atoms with Crippen LogP contribution in [0.3, 0.4) is 0 Å². The number of nitrogens with zero attached hydrogens (tertiary/aromatic N) is 2. The average Bonchev–Trinajstić information content (AvgIpc) is 2.94. The molecule has 0 amide bonds. The van der Waals surface area contributed by atoms with Gasteiger partial charge in [0.05, 0.1) is 5.01 Å². The second-order valence-corrected chi connectivity index (χ2v) is 6.51. The van der Waals surface area contributed by atoms with Crippen molar-refractivity contribution in [3.05, 3.63) is 16.1 Å². The summed E-state index contributed by atoms with van der Waals surface area (Å²) in [7, 11) is 0. The average molecular weight is 422 g/mol. The number of halogens is 1. The molecule has 4 nitrogen and oxygen atoms in total. The Bertz CT molecular complexity index is 447. The minimum absolute atomic E-state index is 0. The van der Waals surface area contributed by atoms with Crippen LogP contribution in [0, 0.1) is 12.8 Å². The summed E-state index contributed by atoms with van der Waals surface area (Å²) >= 11 is 1.77. The molecule has 1 saturated carbocycles. The second-order valence-electron chi connectivity index (χ2n) is 5.56. The number of hydrogen-bond acceptors (Lipinski definition) is 3. The van der Waals surface area contributed by atoms with E-state index in [-0.39, 0.29) is 24.0 Å². The fourth-order valence-electron chi connectivity index (χ4n) is 2.12. The fraction of sp³-hybridized carbons (Fsp3) is 0.733. The van der Waals surface area contributed by atoms with E-state index in [4.69, 9.17) is 0 Å². The molecule has 1 aromatic heterocycles. The predicted molar refractivity (Wildman–Crippen MR) is 102 cm³/mol. The highest BCUT2D eigenvalue weighted by atomic mass is 127. The number of aromatic nitrogens is 1. The van der Waals surface area contributed by atoms with Gasteiger partial charge in [-0.2, -0.15) is 0 Å². The maximum atomic E-state index is 4.64. The lowest BCUT2D eigenvalue weighted by molar-refractivity contribution is 0.721. The lowest BCUT2D eigenvalue weighted by atomic mass is 10.2. The van der Waals surface area contributed by atoms with Crippen molar-refractivity contribution < 1.29 is 0 Å². The lowest BCUT2D eigenvalue weighted by Crippen LogP contribution is -2.39. The zero-order chi connectivity index (χ0) is 14.4. The van der Waals surface area contributed by atoms with Gasteiger partial charge in [-0.1, -0.05) is 6.92 Å². The number of guanidine groups is 1. The third-order valence-corrected chi connectivity index (χ3v) is 4.54. The van der Waals surface area contributed by atoms with E-state index in [1.54, 1.807) is 11.3 Å². The van der Waals surface area contributed by atoms with Gasteiger partial charge in [-0.15, -0.1) is 35.3 Å². The van der Waals surface area contributed by atoms with E-state index >= 15 is 0 Å². The van der Waals surface area contributed by atoms with E-state index in [2.05, 4.69) is 46.8 Å². The fourth-order valence-corrected chi connectivity index (χ4v) is 2.93. The number of thiazole rings is 1. The van der Waals surface area contributed by atoms with Crippen LogP contribution in [-0.2, 0) is 6.42 Å². The summed E-state index contributed by atoms with van der Waals surface area (Å²) in [6.45, 7) is 8.25. The maximum Gasteiger partial charge on any atom is 0.191 e. The van der Waals surface area contributed by atoms with Crippen molar-refractivity contribution in [2.75, 3.05) is 13.1 Å². The number of hydrogen-bond donors (Lipinski definition) is 2. The normalized spacial score (nSPS) is 20.8. The first kappa shape index (κ1) is 18.7. The minimum atomic E-state index is 0. The quantitative estimate of drug-likeness (QED) is 0.307. The molecule has 2 rings (SSSR count).